The van der Waals surface area contributed by atoms with Gasteiger partial charge in [-0.1, -0.05) is 41.7 Å². The van der Waals surface area contributed by atoms with Crippen molar-refractivity contribution < 1.29 is 26.7 Å². The van der Waals surface area contributed by atoms with Gasteiger partial charge in [-0.05, 0) is 50.1 Å². The van der Waals surface area contributed by atoms with Crippen molar-refractivity contribution in [1.82, 2.24) is 4.98 Å². The standard InChI is InChI=1S/C27H29N5O6S2/c1-2-31(16-17-38-40(35,36)37)23-12-10-22(11-13-23)29-30-27-28-26(32-14-6-7-15-32)24(39-27)18-21(19-33)25(34)20-8-4-3-5-9-20/h3-5,8-13,18-19H,2,6-7,14-17H2,1H3,(H,35,36,37)/b21-18-,30-29?. The van der Waals surface area contributed by atoms with Crippen molar-refractivity contribution in [2.45, 2.75) is 19.8 Å². The molecule has 2 heterocycles. The lowest BCUT2D eigenvalue weighted by molar-refractivity contribution is -0.104. The molecule has 13 heteroatoms. The average molecular weight is 584 g/mol. The van der Waals surface area contributed by atoms with E-state index in [2.05, 4.69) is 24.3 Å². The number of aldehydes is 1. The van der Waals surface area contributed by atoms with Crippen molar-refractivity contribution in [3.05, 3.63) is 70.6 Å². The molecule has 40 heavy (non-hydrogen) atoms. The normalized spacial score (nSPS) is 14.2. The number of thiazole rings is 1. The number of hydrogen-bond donors (Lipinski definition) is 1. The molecule has 3 aromatic rings. The molecule has 4 rings (SSSR count). The molecule has 0 saturated carbocycles. The van der Waals surface area contributed by atoms with Crippen LogP contribution in [-0.2, 0) is 19.4 Å². The van der Waals surface area contributed by atoms with Gasteiger partial charge in [0.25, 0.3) is 0 Å². The van der Waals surface area contributed by atoms with E-state index >= 15 is 0 Å². The number of carbonyl (C=O) groups is 2. The summed E-state index contributed by atoms with van der Waals surface area (Å²) in [6.45, 7) is 4.25. The number of azo groups is 1. The van der Waals surface area contributed by atoms with Crippen molar-refractivity contribution in [1.29, 1.82) is 0 Å². The van der Waals surface area contributed by atoms with E-state index in [4.69, 9.17) is 4.55 Å². The number of anilines is 2. The predicted octanol–water partition coefficient (Wildman–Crippen LogP) is 5.27. The molecule has 1 saturated heterocycles. The fraction of sp³-hybridized carbons (Fsp3) is 0.296. The first kappa shape index (κ1) is 29.2. The second-order valence-corrected chi connectivity index (χ2v) is 10.9. The first-order valence-electron chi connectivity index (χ1n) is 12.7. The Morgan fingerprint density at radius 1 is 1.12 bits per heavy atom. The highest BCUT2D eigenvalue weighted by Crippen LogP contribution is 2.36. The van der Waals surface area contributed by atoms with Gasteiger partial charge in [0.2, 0.25) is 5.13 Å². The number of rotatable bonds is 13. The number of benzene rings is 2. The van der Waals surface area contributed by atoms with Crippen LogP contribution in [-0.4, -0.2) is 62.8 Å². The van der Waals surface area contributed by atoms with E-state index in [0.29, 0.717) is 39.9 Å². The maximum absolute atomic E-state index is 12.9. The lowest BCUT2D eigenvalue weighted by atomic mass is 10.0. The fourth-order valence-electron chi connectivity index (χ4n) is 4.21. The van der Waals surface area contributed by atoms with E-state index < -0.39 is 10.4 Å². The van der Waals surface area contributed by atoms with Gasteiger partial charge in [0.1, 0.15) is 5.82 Å². The molecule has 0 aliphatic carbocycles. The van der Waals surface area contributed by atoms with Crippen molar-refractivity contribution in [3.63, 3.8) is 0 Å². The number of aromatic nitrogens is 1. The lowest BCUT2D eigenvalue weighted by Gasteiger charge is -2.22. The molecule has 1 aliphatic heterocycles. The molecule has 11 nitrogen and oxygen atoms in total. The van der Waals surface area contributed by atoms with E-state index in [-0.39, 0.29) is 24.5 Å². The van der Waals surface area contributed by atoms with Crippen LogP contribution in [0.1, 0.15) is 35.0 Å². The first-order valence-corrected chi connectivity index (χ1v) is 14.9. The van der Waals surface area contributed by atoms with Gasteiger partial charge in [0.15, 0.2) is 12.1 Å². The summed E-state index contributed by atoms with van der Waals surface area (Å²) in [6, 6.07) is 15.8. The summed E-state index contributed by atoms with van der Waals surface area (Å²) in [4.78, 5) is 34.1. The van der Waals surface area contributed by atoms with Gasteiger partial charge in [-0.25, -0.2) is 4.18 Å². The molecule has 0 amide bonds. The van der Waals surface area contributed by atoms with Gasteiger partial charge < -0.3 is 9.80 Å². The fourth-order valence-corrected chi connectivity index (χ4v) is 5.36. The number of carbonyl (C=O) groups excluding carboxylic acids is 2. The van der Waals surface area contributed by atoms with E-state index in [0.717, 1.165) is 31.6 Å². The van der Waals surface area contributed by atoms with Crippen LogP contribution >= 0.6 is 11.3 Å². The van der Waals surface area contributed by atoms with Gasteiger partial charge in [0, 0.05) is 37.4 Å². The summed E-state index contributed by atoms with van der Waals surface area (Å²) in [7, 11) is -4.48. The van der Waals surface area contributed by atoms with Crippen molar-refractivity contribution in [2.75, 3.05) is 42.6 Å². The van der Waals surface area contributed by atoms with Gasteiger partial charge in [-0.2, -0.15) is 13.4 Å². The third-order valence-electron chi connectivity index (χ3n) is 6.18. The monoisotopic (exact) mass is 583 g/mol. The van der Waals surface area contributed by atoms with Crippen LogP contribution < -0.4 is 9.80 Å². The molecular formula is C27H29N5O6S2. The molecule has 0 bridgehead atoms. The van der Waals surface area contributed by atoms with Gasteiger partial charge in [-0.3, -0.25) is 14.1 Å². The lowest BCUT2D eigenvalue weighted by Crippen LogP contribution is -2.27. The number of ketones is 1. The van der Waals surface area contributed by atoms with Crippen LogP contribution in [0.2, 0.25) is 0 Å². The molecule has 210 valence electrons. The highest BCUT2D eigenvalue weighted by atomic mass is 32.3. The van der Waals surface area contributed by atoms with E-state index in [1.54, 1.807) is 42.5 Å². The SMILES string of the molecule is CCN(CCOS(=O)(=O)O)c1ccc(N=Nc2nc(N3CCCC3)c(/C=C(/C=O)C(=O)c3ccccc3)s2)cc1. The summed E-state index contributed by atoms with van der Waals surface area (Å²) < 4.78 is 34.7. The molecule has 1 aliphatic rings. The zero-order valence-electron chi connectivity index (χ0n) is 21.8. The van der Waals surface area contributed by atoms with E-state index in [1.807, 2.05) is 30.0 Å². The minimum absolute atomic E-state index is 0.0387. The molecule has 0 spiro atoms. The minimum Gasteiger partial charge on any atom is -0.369 e. The Morgan fingerprint density at radius 2 is 1.82 bits per heavy atom. The maximum Gasteiger partial charge on any atom is 0.397 e. The molecular weight excluding hydrogens is 554 g/mol. The van der Waals surface area contributed by atoms with Crippen LogP contribution in [0, 0.1) is 0 Å². The second-order valence-electron chi connectivity index (χ2n) is 8.84. The largest absolute Gasteiger partial charge is 0.397 e. The zero-order chi connectivity index (χ0) is 28.5. The number of Topliss-reactive ketones (excluding diaryl/α,β-unsaturated/α-hetero) is 1. The molecule has 0 radical (unpaired) electrons. The molecule has 0 unspecified atom stereocenters. The summed E-state index contributed by atoms with van der Waals surface area (Å²) in [5.74, 6) is 0.322. The third-order valence-corrected chi connectivity index (χ3v) is 7.52. The average Bonchev–Trinajstić information content (AvgIpc) is 3.63. The van der Waals surface area contributed by atoms with Crippen molar-refractivity contribution in [3.8, 4) is 0 Å². The summed E-state index contributed by atoms with van der Waals surface area (Å²) in [6.07, 6.45) is 4.21. The Morgan fingerprint density at radius 3 is 2.45 bits per heavy atom. The Bertz CT molecular complexity index is 1480. The zero-order valence-corrected chi connectivity index (χ0v) is 23.5. The third kappa shape index (κ3) is 7.88. The van der Waals surface area contributed by atoms with Crippen LogP contribution in [0.4, 0.5) is 22.3 Å². The number of likely N-dealkylation sites (N-methyl/N-ethyl adjacent to an activating group) is 1. The quantitative estimate of drug-likeness (QED) is 0.0541. The van der Waals surface area contributed by atoms with Gasteiger partial charge in [-0.15, -0.1) is 10.2 Å². The first-order chi connectivity index (χ1) is 19.3. The summed E-state index contributed by atoms with van der Waals surface area (Å²) in [5, 5.41) is 9.01. The highest BCUT2D eigenvalue weighted by Gasteiger charge is 2.21. The Hall–Kier alpha value is -3.78. The smallest absolute Gasteiger partial charge is 0.369 e. The summed E-state index contributed by atoms with van der Waals surface area (Å²) in [5.41, 5.74) is 1.88. The predicted molar refractivity (Wildman–Crippen MR) is 154 cm³/mol. The molecule has 1 fully saturated rings. The highest BCUT2D eigenvalue weighted by molar-refractivity contribution is 7.80. The van der Waals surface area contributed by atoms with E-state index in [1.165, 1.54) is 11.3 Å². The Balaban J connectivity index is 1.53. The Labute approximate surface area is 236 Å². The molecule has 0 atom stereocenters. The van der Waals surface area contributed by atoms with Gasteiger partial charge >= 0.3 is 10.4 Å². The second kappa shape index (κ2) is 13.5. The van der Waals surface area contributed by atoms with Crippen LogP contribution in [0.15, 0.2) is 70.4 Å². The van der Waals surface area contributed by atoms with Crippen LogP contribution in [0.25, 0.3) is 6.08 Å². The van der Waals surface area contributed by atoms with Crippen molar-refractivity contribution in [2.24, 2.45) is 10.2 Å². The molecule has 2 aromatic carbocycles. The summed E-state index contributed by atoms with van der Waals surface area (Å²) >= 11 is 1.25. The minimum atomic E-state index is -4.48. The Kier molecular flexibility index (Phi) is 9.88. The van der Waals surface area contributed by atoms with Crippen LogP contribution in [0.3, 0.4) is 0 Å². The number of allylic oxidation sites excluding steroid dienone is 1. The maximum atomic E-state index is 12.9. The number of nitrogens with zero attached hydrogens (tertiary/aromatic N) is 5. The molecule has 1 aromatic heterocycles. The van der Waals surface area contributed by atoms with E-state index in [9.17, 15) is 18.0 Å². The van der Waals surface area contributed by atoms with Gasteiger partial charge in [0.05, 0.1) is 22.7 Å². The topological polar surface area (TPSA) is 142 Å². The molecule has 1 N–H and O–H groups in total. The number of hydrogen-bond acceptors (Lipinski definition) is 11. The van der Waals surface area contributed by atoms with Crippen molar-refractivity contribution >= 4 is 62.2 Å². The van der Waals surface area contributed by atoms with Crippen LogP contribution in [0.5, 0.6) is 0 Å².